The molecule has 0 unspecified atom stereocenters. The summed E-state index contributed by atoms with van der Waals surface area (Å²) < 4.78 is 7.20. The van der Waals surface area contributed by atoms with E-state index in [-0.39, 0.29) is 5.91 Å². The number of rotatable bonds is 5. The van der Waals surface area contributed by atoms with Gasteiger partial charge in [0.15, 0.2) is 0 Å². The van der Waals surface area contributed by atoms with Crippen molar-refractivity contribution in [2.24, 2.45) is 0 Å². The number of imidazole rings is 1. The fourth-order valence-electron chi connectivity index (χ4n) is 2.32. The lowest BCUT2D eigenvalue weighted by atomic mass is 10.1. The van der Waals surface area contributed by atoms with Crippen LogP contribution in [0.2, 0.25) is 5.02 Å². The predicted octanol–water partition coefficient (Wildman–Crippen LogP) is 3.85. The summed E-state index contributed by atoms with van der Waals surface area (Å²) in [6.07, 6.45) is 5.39. The Morgan fingerprint density at radius 3 is 2.71 bits per heavy atom. The Kier molecular flexibility index (Phi) is 4.82. The third kappa shape index (κ3) is 3.75. The van der Waals surface area contributed by atoms with Gasteiger partial charge in [-0.2, -0.15) is 0 Å². The largest absolute Gasteiger partial charge is 0.495 e. The van der Waals surface area contributed by atoms with Crippen molar-refractivity contribution in [1.29, 1.82) is 0 Å². The van der Waals surface area contributed by atoms with E-state index in [0.717, 1.165) is 5.56 Å². The molecule has 0 aliphatic heterocycles. The number of hydrogen-bond donors (Lipinski definition) is 1. The molecule has 3 rings (SSSR count). The van der Waals surface area contributed by atoms with E-state index in [9.17, 15) is 4.79 Å². The average molecular weight is 342 g/mol. The van der Waals surface area contributed by atoms with Crippen LogP contribution in [0.4, 0.5) is 5.69 Å². The molecule has 0 saturated carbocycles. The van der Waals surface area contributed by atoms with Gasteiger partial charge in [0, 0.05) is 29.5 Å². The minimum atomic E-state index is -0.218. The minimum absolute atomic E-state index is 0.218. The molecule has 1 aromatic heterocycles. The molecule has 1 N–H and O–H groups in total. The van der Waals surface area contributed by atoms with Crippen LogP contribution >= 0.6 is 11.6 Å². The van der Waals surface area contributed by atoms with Crippen molar-refractivity contribution in [2.45, 2.75) is 6.54 Å². The van der Waals surface area contributed by atoms with E-state index in [1.165, 1.54) is 0 Å². The van der Waals surface area contributed by atoms with Crippen molar-refractivity contribution in [3.05, 3.63) is 77.3 Å². The molecule has 1 amide bonds. The standard InChI is InChI=1S/C18H16ClN3O2/c1-24-17-7-6-15(19)10-16(17)21-18(23)14-4-2-13(3-5-14)11-22-9-8-20-12-22/h2-10,12H,11H2,1H3,(H,21,23). The molecule has 0 aliphatic carbocycles. The van der Waals surface area contributed by atoms with Gasteiger partial charge in [0.2, 0.25) is 0 Å². The summed E-state index contributed by atoms with van der Waals surface area (Å²) in [6.45, 7) is 0.712. The summed E-state index contributed by atoms with van der Waals surface area (Å²) >= 11 is 5.98. The quantitative estimate of drug-likeness (QED) is 0.767. The minimum Gasteiger partial charge on any atom is -0.495 e. The Morgan fingerprint density at radius 1 is 1.25 bits per heavy atom. The highest BCUT2D eigenvalue weighted by atomic mass is 35.5. The van der Waals surface area contributed by atoms with E-state index < -0.39 is 0 Å². The molecule has 24 heavy (non-hydrogen) atoms. The first-order chi connectivity index (χ1) is 11.7. The van der Waals surface area contributed by atoms with Crippen LogP contribution in [0.1, 0.15) is 15.9 Å². The fourth-order valence-corrected chi connectivity index (χ4v) is 2.50. The number of carbonyl (C=O) groups excluding carboxylic acids is 1. The van der Waals surface area contributed by atoms with Crippen LogP contribution in [0, 0.1) is 0 Å². The van der Waals surface area contributed by atoms with E-state index in [1.807, 2.05) is 22.9 Å². The normalized spacial score (nSPS) is 10.4. The van der Waals surface area contributed by atoms with Crippen molar-refractivity contribution in [3.63, 3.8) is 0 Å². The van der Waals surface area contributed by atoms with E-state index in [0.29, 0.717) is 28.6 Å². The molecule has 2 aromatic carbocycles. The first-order valence-electron chi connectivity index (χ1n) is 7.35. The smallest absolute Gasteiger partial charge is 0.255 e. The first-order valence-corrected chi connectivity index (χ1v) is 7.73. The van der Waals surface area contributed by atoms with Crippen molar-refractivity contribution >= 4 is 23.2 Å². The Morgan fingerprint density at radius 2 is 2.04 bits per heavy atom. The van der Waals surface area contributed by atoms with Crippen molar-refractivity contribution in [1.82, 2.24) is 9.55 Å². The van der Waals surface area contributed by atoms with Crippen molar-refractivity contribution < 1.29 is 9.53 Å². The second kappa shape index (κ2) is 7.19. The fraction of sp³-hybridized carbons (Fsp3) is 0.111. The molecule has 5 nitrogen and oxygen atoms in total. The maximum absolute atomic E-state index is 12.4. The Balaban J connectivity index is 1.72. The molecule has 6 heteroatoms. The van der Waals surface area contributed by atoms with Gasteiger partial charge in [0.1, 0.15) is 5.75 Å². The van der Waals surface area contributed by atoms with Crippen LogP contribution < -0.4 is 10.1 Å². The van der Waals surface area contributed by atoms with Gasteiger partial charge < -0.3 is 14.6 Å². The summed E-state index contributed by atoms with van der Waals surface area (Å²) in [5.41, 5.74) is 2.19. The maximum Gasteiger partial charge on any atom is 0.255 e. The molecule has 0 fully saturated rings. The lowest BCUT2D eigenvalue weighted by molar-refractivity contribution is 0.102. The molecular weight excluding hydrogens is 326 g/mol. The summed E-state index contributed by atoms with van der Waals surface area (Å²) in [5.74, 6) is 0.342. The van der Waals surface area contributed by atoms with Crippen LogP contribution in [0.5, 0.6) is 5.75 Å². The number of amides is 1. The van der Waals surface area contributed by atoms with E-state index in [1.54, 1.807) is 50.0 Å². The van der Waals surface area contributed by atoms with Crippen LogP contribution in [-0.2, 0) is 6.54 Å². The molecule has 0 atom stereocenters. The molecule has 3 aromatic rings. The Bertz CT molecular complexity index is 830. The topological polar surface area (TPSA) is 56.1 Å². The van der Waals surface area contributed by atoms with E-state index in [2.05, 4.69) is 10.3 Å². The molecule has 0 saturated heterocycles. The number of ether oxygens (including phenoxy) is 1. The Hall–Kier alpha value is -2.79. The molecule has 0 radical (unpaired) electrons. The van der Waals surface area contributed by atoms with Gasteiger partial charge in [-0.05, 0) is 35.9 Å². The highest BCUT2D eigenvalue weighted by molar-refractivity contribution is 6.31. The van der Waals surface area contributed by atoms with Gasteiger partial charge in [-0.3, -0.25) is 4.79 Å². The highest BCUT2D eigenvalue weighted by Gasteiger charge is 2.10. The van der Waals surface area contributed by atoms with Gasteiger partial charge in [0.05, 0.1) is 19.1 Å². The SMILES string of the molecule is COc1ccc(Cl)cc1NC(=O)c1ccc(Cn2ccnc2)cc1. The van der Waals surface area contributed by atoms with Crippen LogP contribution in [0.3, 0.4) is 0 Å². The monoisotopic (exact) mass is 341 g/mol. The molecule has 0 spiro atoms. The van der Waals surface area contributed by atoms with Crippen LogP contribution in [-0.4, -0.2) is 22.6 Å². The second-order valence-electron chi connectivity index (χ2n) is 5.23. The van der Waals surface area contributed by atoms with Gasteiger partial charge in [-0.1, -0.05) is 23.7 Å². The maximum atomic E-state index is 12.4. The van der Waals surface area contributed by atoms with Crippen molar-refractivity contribution in [3.8, 4) is 5.75 Å². The predicted molar refractivity (Wildman–Crippen MR) is 93.7 cm³/mol. The molecule has 1 heterocycles. The third-order valence-electron chi connectivity index (χ3n) is 3.55. The first kappa shape index (κ1) is 16.1. The lowest BCUT2D eigenvalue weighted by Crippen LogP contribution is -2.12. The van der Waals surface area contributed by atoms with E-state index >= 15 is 0 Å². The number of halogens is 1. The molecular formula is C18H16ClN3O2. The zero-order chi connectivity index (χ0) is 16.9. The van der Waals surface area contributed by atoms with E-state index in [4.69, 9.17) is 16.3 Å². The molecule has 0 aliphatic rings. The zero-order valence-electron chi connectivity index (χ0n) is 13.1. The summed E-state index contributed by atoms with van der Waals surface area (Å²) in [7, 11) is 1.55. The Labute approximate surface area is 144 Å². The van der Waals surface area contributed by atoms with Gasteiger partial charge in [-0.15, -0.1) is 0 Å². The summed E-state index contributed by atoms with van der Waals surface area (Å²) in [4.78, 5) is 16.4. The molecule has 0 bridgehead atoms. The summed E-state index contributed by atoms with van der Waals surface area (Å²) in [5, 5.41) is 3.35. The average Bonchev–Trinajstić information content (AvgIpc) is 3.09. The molecule has 122 valence electrons. The van der Waals surface area contributed by atoms with Gasteiger partial charge in [-0.25, -0.2) is 4.98 Å². The van der Waals surface area contributed by atoms with Gasteiger partial charge in [0.25, 0.3) is 5.91 Å². The van der Waals surface area contributed by atoms with Crippen molar-refractivity contribution in [2.75, 3.05) is 12.4 Å². The number of hydrogen-bond acceptors (Lipinski definition) is 3. The number of carbonyl (C=O) groups is 1. The lowest BCUT2D eigenvalue weighted by Gasteiger charge is -2.11. The second-order valence-corrected chi connectivity index (χ2v) is 5.67. The van der Waals surface area contributed by atoms with Crippen LogP contribution in [0.25, 0.3) is 0 Å². The number of nitrogens with one attached hydrogen (secondary N) is 1. The highest BCUT2D eigenvalue weighted by Crippen LogP contribution is 2.28. The number of aromatic nitrogens is 2. The van der Waals surface area contributed by atoms with Gasteiger partial charge >= 0.3 is 0 Å². The number of nitrogens with zero attached hydrogens (tertiary/aromatic N) is 2. The number of benzene rings is 2. The van der Waals surface area contributed by atoms with Crippen LogP contribution in [0.15, 0.2) is 61.2 Å². The number of anilines is 1. The summed E-state index contributed by atoms with van der Waals surface area (Å²) in [6, 6.07) is 12.5. The third-order valence-corrected chi connectivity index (χ3v) is 3.79. The zero-order valence-corrected chi connectivity index (χ0v) is 13.8. The number of methoxy groups -OCH3 is 1.